The summed E-state index contributed by atoms with van der Waals surface area (Å²) in [7, 11) is 1.53. The molecule has 3 aromatic rings. The number of likely N-dealkylation sites (tertiary alicyclic amines) is 1. The van der Waals surface area contributed by atoms with Crippen LogP contribution in [0.5, 0.6) is 11.8 Å². The zero-order valence-corrected chi connectivity index (χ0v) is 16.6. The molecule has 4 heterocycles. The topological polar surface area (TPSA) is 82.4 Å². The molecule has 1 fully saturated rings. The van der Waals surface area contributed by atoms with Gasteiger partial charge in [-0.25, -0.2) is 15.0 Å². The Morgan fingerprint density at radius 1 is 1.21 bits per heavy atom. The summed E-state index contributed by atoms with van der Waals surface area (Å²) in [6.45, 7) is 3.07. The van der Waals surface area contributed by atoms with Gasteiger partial charge in [0, 0.05) is 31.3 Å². The molecule has 1 aliphatic rings. The van der Waals surface area contributed by atoms with Crippen LogP contribution in [-0.4, -0.2) is 56.6 Å². The molecule has 0 bridgehead atoms. The van der Waals surface area contributed by atoms with Gasteiger partial charge < -0.3 is 18.9 Å². The maximum Gasteiger partial charge on any atom is 0.278 e. The van der Waals surface area contributed by atoms with Gasteiger partial charge in [-0.15, -0.1) is 0 Å². The summed E-state index contributed by atoms with van der Waals surface area (Å²) >= 11 is 1.41. The number of carbonyl (C=O) groups is 1. The van der Waals surface area contributed by atoms with Crippen LogP contribution in [0.3, 0.4) is 0 Å². The number of hydrogen-bond donors (Lipinski definition) is 0. The Balaban J connectivity index is 1.48. The lowest BCUT2D eigenvalue weighted by Crippen LogP contribution is -2.44. The van der Waals surface area contributed by atoms with Gasteiger partial charge in [-0.05, 0) is 31.9 Å². The third-order valence-corrected chi connectivity index (χ3v) is 5.73. The predicted molar refractivity (Wildman–Crippen MR) is 104 cm³/mol. The van der Waals surface area contributed by atoms with Crippen LogP contribution in [0, 0.1) is 6.92 Å². The summed E-state index contributed by atoms with van der Waals surface area (Å²) in [6, 6.07) is 3.87. The Bertz CT molecular complexity index is 956. The summed E-state index contributed by atoms with van der Waals surface area (Å²) in [5.41, 5.74) is 0.748. The number of carbonyl (C=O) groups excluding carboxylic acids is 1. The van der Waals surface area contributed by atoms with Gasteiger partial charge in [0.2, 0.25) is 0 Å². The molecule has 4 rings (SSSR count). The molecular weight excluding hydrogens is 378 g/mol. The van der Waals surface area contributed by atoms with E-state index in [9.17, 15) is 4.79 Å². The van der Waals surface area contributed by atoms with Crippen molar-refractivity contribution in [3.8, 4) is 16.9 Å². The molecular formula is C19H21N5O3S. The van der Waals surface area contributed by atoms with Crippen molar-refractivity contribution in [2.75, 3.05) is 20.2 Å². The highest BCUT2D eigenvalue weighted by Crippen LogP contribution is 2.27. The van der Waals surface area contributed by atoms with Gasteiger partial charge in [0.05, 0.1) is 19.3 Å². The highest BCUT2D eigenvalue weighted by Gasteiger charge is 2.29. The van der Waals surface area contributed by atoms with E-state index in [1.807, 2.05) is 40.9 Å². The monoisotopic (exact) mass is 399 g/mol. The molecule has 0 saturated carbocycles. The molecule has 3 aromatic heterocycles. The summed E-state index contributed by atoms with van der Waals surface area (Å²) < 4.78 is 13.1. The van der Waals surface area contributed by atoms with E-state index in [4.69, 9.17) is 9.47 Å². The molecule has 1 unspecified atom stereocenters. The van der Waals surface area contributed by atoms with Crippen molar-refractivity contribution >= 4 is 17.2 Å². The molecule has 0 aliphatic carbocycles. The predicted octanol–water partition coefficient (Wildman–Crippen LogP) is 2.72. The Kier molecular flexibility index (Phi) is 5.25. The average Bonchev–Trinajstić information content (AvgIpc) is 3.38. The number of aryl methyl sites for hydroxylation is 1. The molecule has 0 radical (unpaired) electrons. The number of piperidine rings is 1. The van der Waals surface area contributed by atoms with E-state index >= 15 is 0 Å². The average molecular weight is 399 g/mol. The Hall–Kier alpha value is -2.94. The van der Waals surface area contributed by atoms with Gasteiger partial charge in [-0.2, -0.15) is 0 Å². The first-order chi connectivity index (χ1) is 13.7. The van der Waals surface area contributed by atoms with E-state index in [2.05, 4.69) is 15.0 Å². The van der Waals surface area contributed by atoms with Crippen LogP contribution in [0.15, 0.2) is 36.9 Å². The van der Waals surface area contributed by atoms with Crippen LogP contribution in [0.1, 0.15) is 28.2 Å². The van der Waals surface area contributed by atoms with Crippen molar-refractivity contribution in [2.24, 2.45) is 0 Å². The Morgan fingerprint density at radius 2 is 1.96 bits per heavy atom. The van der Waals surface area contributed by atoms with E-state index < -0.39 is 0 Å². The maximum absolute atomic E-state index is 13.1. The normalized spacial score (nSPS) is 16.8. The summed E-state index contributed by atoms with van der Waals surface area (Å²) in [5.74, 6) is 0.696. The van der Waals surface area contributed by atoms with Crippen LogP contribution >= 0.6 is 11.3 Å². The number of hydrogen-bond acceptors (Lipinski definition) is 7. The zero-order chi connectivity index (χ0) is 19.5. The van der Waals surface area contributed by atoms with Gasteiger partial charge in [-0.3, -0.25) is 4.79 Å². The van der Waals surface area contributed by atoms with Crippen LogP contribution in [0.4, 0.5) is 0 Å². The number of rotatable bonds is 5. The van der Waals surface area contributed by atoms with Crippen LogP contribution in [-0.2, 0) is 0 Å². The SMILES string of the molecule is COc1nccnc1OC1CCCN(C(=O)c2sc(-n3cccc3)nc2C)C1. The lowest BCUT2D eigenvalue weighted by atomic mass is 10.1. The third-order valence-electron chi connectivity index (χ3n) is 4.58. The van der Waals surface area contributed by atoms with E-state index in [0.29, 0.717) is 29.7 Å². The lowest BCUT2D eigenvalue weighted by molar-refractivity contribution is 0.0522. The maximum atomic E-state index is 13.1. The second-order valence-electron chi connectivity index (χ2n) is 6.51. The number of amides is 1. The first-order valence-corrected chi connectivity index (χ1v) is 9.89. The first-order valence-electron chi connectivity index (χ1n) is 9.07. The Labute approximate surface area is 166 Å². The first kappa shape index (κ1) is 18.4. The molecule has 146 valence electrons. The van der Waals surface area contributed by atoms with Gasteiger partial charge >= 0.3 is 0 Å². The van der Waals surface area contributed by atoms with Crippen LogP contribution in [0.25, 0.3) is 5.13 Å². The van der Waals surface area contributed by atoms with Crippen LogP contribution < -0.4 is 9.47 Å². The summed E-state index contributed by atoms with van der Waals surface area (Å²) in [6.07, 6.45) is 8.52. The fraction of sp³-hybridized carbons (Fsp3) is 0.368. The number of methoxy groups -OCH3 is 1. The molecule has 1 atom stereocenters. The minimum Gasteiger partial charge on any atom is -0.477 e. The van der Waals surface area contributed by atoms with Crippen molar-refractivity contribution in [2.45, 2.75) is 25.9 Å². The van der Waals surface area contributed by atoms with Crippen LogP contribution in [0.2, 0.25) is 0 Å². The molecule has 28 heavy (non-hydrogen) atoms. The van der Waals surface area contributed by atoms with Gasteiger partial charge in [0.25, 0.3) is 17.7 Å². The minimum absolute atomic E-state index is 0.00665. The molecule has 0 aromatic carbocycles. The number of nitrogens with zero attached hydrogens (tertiary/aromatic N) is 5. The zero-order valence-electron chi connectivity index (χ0n) is 15.7. The standard InChI is InChI=1S/C19H21N5O3S/c1-13-15(28-19(22-13)23-9-3-4-10-23)18(25)24-11-5-6-14(12-24)27-17-16(26-2)20-7-8-21-17/h3-4,7-10,14H,5-6,11-12H2,1-2H3. The van der Waals surface area contributed by atoms with E-state index in [0.717, 1.165) is 23.7 Å². The summed E-state index contributed by atoms with van der Waals surface area (Å²) in [4.78, 5) is 28.4. The summed E-state index contributed by atoms with van der Waals surface area (Å²) in [5, 5.41) is 0.792. The second-order valence-corrected chi connectivity index (χ2v) is 7.48. The lowest BCUT2D eigenvalue weighted by Gasteiger charge is -2.32. The second kappa shape index (κ2) is 7.97. The Morgan fingerprint density at radius 3 is 2.71 bits per heavy atom. The smallest absolute Gasteiger partial charge is 0.278 e. The van der Waals surface area contributed by atoms with Crippen molar-refractivity contribution in [1.29, 1.82) is 0 Å². The van der Waals surface area contributed by atoms with E-state index in [1.165, 1.54) is 18.4 Å². The van der Waals surface area contributed by atoms with Gasteiger partial charge in [0.1, 0.15) is 11.0 Å². The highest BCUT2D eigenvalue weighted by molar-refractivity contribution is 7.16. The van der Waals surface area contributed by atoms with Gasteiger partial charge in [0.15, 0.2) is 5.13 Å². The minimum atomic E-state index is -0.152. The van der Waals surface area contributed by atoms with Crippen molar-refractivity contribution in [3.05, 3.63) is 47.5 Å². The largest absolute Gasteiger partial charge is 0.477 e. The number of ether oxygens (including phenoxy) is 2. The van der Waals surface area contributed by atoms with Crippen molar-refractivity contribution in [1.82, 2.24) is 24.4 Å². The number of thiazole rings is 1. The van der Waals surface area contributed by atoms with Gasteiger partial charge in [-0.1, -0.05) is 11.3 Å². The van der Waals surface area contributed by atoms with Crippen molar-refractivity contribution in [3.63, 3.8) is 0 Å². The van der Waals surface area contributed by atoms with Crippen molar-refractivity contribution < 1.29 is 14.3 Å². The molecule has 0 spiro atoms. The fourth-order valence-corrected chi connectivity index (χ4v) is 4.21. The highest BCUT2D eigenvalue weighted by atomic mass is 32.1. The molecule has 0 N–H and O–H groups in total. The molecule has 9 heteroatoms. The molecule has 1 amide bonds. The molecule has 1 aliphatic heterocycles. The third kappa shape index (κ3) is 3.70. The van der Waals surface area contributed by atoms with E-state index in [-0.39, 0.29) is 12.0 Å². The fourth-order valence-electron chi connectivity index (χ4n) is 3.21. The molecule has 8 nitrogen and oxygen atoms in total. The molecule has 1 saturated heterocycles. The quantitative estimate of drug-likeness (QED) is 0.656. The van der Waals surface area contributed by atoms with E-state index in [1.54, 1.807) is 12.4 Å². The number of aromatic nitrogens is 4.